The van der Waals surface area contributed by atoms with Crippen LogP contribution in [0.4, 0.5) is 0 Å². The van der Waals surface area contributed by atoms with Crippen LogP contribution >= 0.6 is 0 Å². The van der Waals surface area contributed by atoms with Gasteiger partial charge in [0.1, 0.15) is 5.60 Å². The number of hydrogen-bond acceptors (Lipinski definition) is 4. The normalized spacial score (nSPS) is 37.3. The Balaban J connectivity index is 1.62. The Kier molecular flexibility index (Phi) is 4.69. The van der Waals surface area contributed by atoms with Gasteiger partial charge in [0.05, 0.1) is 5.41 Å². The molecule has 0 saturated heterocycles. The predicted octanol–water partition coefficient (Wildman–Crippen LogP) is 4.11. The molecule has 4 heteroatoms. The van der Waals surface area contributed by atoms with Crippen molar-refractivity contribution in [3.8, 4) is 0 Å². The average Bonchev–Trinajstić information content (AvgIpc) is 2.51. The highest BCUT2D eigenvalue weighted by Gasteiger charge is 2.58. The van der Waals surface area contributed by atoms with Gasteiger partial charge in [-0.2, -0.15) is 0 Å². The van der Waals surface area contributed by atoms with Crippen molar-refractivity contribution in [1.82, 2.24) is 0 Å². The highest BCUT2D eigenvalue weighted by molar-refractivity contribution is 5.80. The van der Waals surface area contributed by atoms with Crippen LogP contribution < -0.4 is 0 Å². The fraction of sp³-hybridized carbons (Fsp3) is 0.900. The fourth-order valence-electron chi connectivity index (χ4n) is 5.66. The number of carbonyl (C=O) groups is 2. The molecule has 0 spiro atoms. The van der Waals surface area contributed by atoms with Gasteiger partial charge in [-0.05, 0) is 76.5 Å². The first-order chi connectivity index (χ1) is 11.3. The lowest BCUT2D eigenvalue weighted by Crippen LogP contribution is -2.59. The van der Waals surface area contributed by atoms with E-state index in [0.717, 1.165) is 37.0 Å². The minimum absolute atomic E-state index is 0.250. The maximum absolute atomic E-state index is 12.4. The quantitative estimate of drug-likeness (QED) is 0.685. The molecule has 0 aromatic heterocycles. The van der Waals surface area contributed by atoms with Gasteiger partial charge in [-0.15, -0.1) is 0 Å². The Bertz CT molecular complexity index is 496. The van der Waals surface area contributed by atoms with Crippen LogP contribution in [-0.4, -0.2) is 24.1 Å². The van der Waals surface area contributed by atoms with Crippen molar-refractivity contribution in [2.45, 2.75) is 78.2 Å². The minimum atomic E-state index is -0.549. The zero-order chi connectivity index (χ0) is 17.5. The standard InChI is InChI=1S/C20H32O4/c1-5-16-15-8-13-7-14(9-15)11-20(16,10-13)24-17(21)12-23-18(22)19(3,4)6-2/h13-16H,5-12H2,1-4H3. The van der Waals surface area contributed by atoms with E-state index in [1.165, 1.54) is 19.3 Å². The molecular formula is C20H32O4. The molecule has 4 bridgehead atoms. The minimum Gasteiger partial charge on any atom is -0.456 e. The van der Waals surface area contributed by atoms with Crippen molar-refractivity contribution in [2.75, 3.05) is 6.61 Å². The number of ether oxygens (including phenoxy) is 2. The van der Waals surface area contributed by atoms with Gasteiger partial charge in [-0.25, -0.2) is 4.79 Å². The Morgan fingerprint density at radius 2 is 1.71 bits per heavy atom. The maximum atomic E-state index is 12.4. The largest absolute Gasteiger partial charge is 0.456 e. The van der Waals surface area contributed by atoms with Gasteiger partial charge in [-0.1, -0.05) is 13.8 Å². The van der Waals surface area contributed by atoms with Crippen molar-refractivity contribution in [1.29, 1.82) is 0 Å². The summed E-state index contributed by atoms with van der Waals surface area (Å²) >= 11 is 0. The van der Waals surface area contributed by atoms with Crippen LogP contribution in [0.25, 0.3) is 0 Å². The third-order valence-corrected chi connectivity index (χ3v) is 6.97. The molecule has 4 aliphatic carbocycles. The first-order valence-corrected chi connectivity index (χ1v) is 9.68. The predicted molar refractivity (Wildman–Crippen MR) is 91.2 cm³/mol. The molecule has 0 aromatic rings. The topological polar surface area (TPSA) is 52.6 Å². The highest BCUT2D eigenvalue weighted by atomic mass is 16.6. The van der Waals surface area contributed by atoms with Gasteiger partial charge in [0.15, 0.2) is 6.61 Å². The summed E-state index contributed by atoms with van der Waals surface area (Å²) in [6.45, 7) is 7.59. The van der Waals surface area contributed by atoms with E-state index in [9.17, 15) is 9.59 Å². The zero-order valence-corrected chi connectivity index (χ0v) is 15.6. The van der Waals surface area contributed by atoms with Crippen molar-refractivity contribution < 1.29 is 19.1 Å². The van der Waals surface area contributed by atoms with E-state index >= 15 is 0 Å². The molecule has 3 atom stereocenters. The molecule has 3 unspecified atom stereocenters. The van der Waals surface area contributed by atoms with E-state index < -0.39 is 5.41 Å². The summed E-state index contributed by atoms with van der Waals surface area (Å²) in [6.07, 6.45) is 7.72. The average molecular weight is 336 g/mol. The maximum Gasteiger partial charge on any atom is 0.344 e. The van der Waals surface area contributed by atoms with Crippen LogP contribution in [0.2, 0.25) is 0 Å². The summed E-state index contributed by atoms with van der Waals surface area (Å²) in [5, 5.41) is 0. The van der Waals surface area contributed by atoms with Crippen LogP contribution in [0.5, 0.6) is 0 Å². The highest BCUT2D eigenvalue weighted by Crippen LogP contribution is 2.60. The van der Waals surface area contributed by atoms with E-state index in [1.54, 1.807) is 0 Å². The van der Waals surface area contributed by atoms with Crippen LogP contribution in [0, 0.1) is 29.1 Å². The molecule has 136 valence electrons. The molecular weight excluding hydrogens is 304 g/mol. The number of carbonyl (C=O) groups excluding carboxylic acids is 2. The molecule has 0 amide bonds. The summed E-state index contributed by atoms with van der Waals surface area (Å²) in [4.78, 5) is 24.5. The van der Waals surface area contributed by atoms with E-state index in [4.69, 9.17) is 9.47 Å². The summed E-state index contributed by atoms with van der Waals surface area (Å²) in [5.74, 6) is 1.96. The second-order valence-corrected chi connectivity index (χ2v) is 8.97. The van der Waals surface area contributed by atoms with Crippen LogP contribution in [0.1, 0.15) is 72.6 Å². The molecule has 0 heterocycles. The number of rotatable bonds is 6. The molecule has 0 aliphatic heterocycles. The van der Waals surface area contributed by atoms with E-state index in [0.29, 0.717) is 12.3 Å². The Hall–Kier alpha value is -1.06. The Morgan fingerprint density at radius 3 is 2.25 bits per heavy atom. The van der Waals surface area contributed by atoms with Gasteiger partial charge in [0.2, 0.25) is 0 Å². The molecule has 4 aliphatic rings. The zero-order valence-electron chi connectivity index (χ0n) is 15.6. The summed E-state index contributed by atoms with van der Waals surface area (Å²) in [6, 6.07) is 0. The van der Waals surface area contributed by atoms with Crippen molar-refractivity contribution in [3.05, 3.63) is 0 Å². The van der Waals surface area contributed by atoms with Gasteiger partial charge in [0.25, 0.3) is 0 Å². The lowest BCUT2D eigenvalue weighted by molar-refractivity contribution is -0.213. The second kappa shape index (κ2) is 6.34. The molecule has 4 saturated carbocycles. The van der Waals surface area contributed by atoms with Gasteiger partial charge >= 0.3 is 11.9 Å². The summed E-state index contributed by atoms with van der Waals surface area (Å²) in [5.41, 5.74) is -0.833. The van der Waals surface area contributed by atoms with E-state index in [1.807, 2.05) is 20.8 Å². The SMILES string of the molecule is CCC1C2CC3CC(C2)CC1(OC(=O)COC(=O)C(C)(C)CC)C3. The lowest BCUT2D eigenvalue weighted by atomic mass is 9.49. The smallest absolute Gasteiger partial charge is 0.344 e. The van der Waals surface area contributed by atoms with Crippen LogP contribution in [-0.2, 0) is 19.1 Å². The van der Waals surface area contributed by atoms with Gasteiger partial charge in [0, 0.05) is 5.92 Å². The Morgan fingerprint density at radius 1 is 1.08 bits per heavy atom. The van der Waals surface area contributed by atoms with E-state index in [2.05, 4.69) is 6.92 Å². The van der Waals surface area contributed by atoms with Crippen molar-refractivity contribution in [2.24, 2.45) is 29.1 Å². The first kappa shape index (κ1) is 17.8. The Labute approximate surface area is 145 Å². The number of hydrogen-bond donors (Lipinski definition) is 0. The molecule has 0 aromatic carbocycles. The van der Waals surface area contributed by atoms with Crippen LogP contribution in [0.15, 0.2) is 0 Å². The molecule has 4 rings (SSSR count). The third-order valence-electron chi connectivity index (χ3n) is 6.97. The molecule has 0 N–H and O–H groups in total. The molecule has 4 nitrogen and oxygen atoms in total. The van der Waals surface area contributed by atoms with E-state index in [-0.39, 0.29) is 24.1 Å². The molecule has 4 fully saturated rings. The monoisotopic (exact) mass is 336 g/mol. The number of esters is 2. The molecule has 0 radical (unpaired) electrons. The lowest BCUT2D eigenvalue weighted by Gasteiger charge is -2.60. The van der Waals surface area contributed by atoms with Crippen molar-refractivity contribution >= 4 is 11.9 Å². The third kappa shape index (κ3) is 3.09. The summed E-state index contributed by atoms with van der Waals surface area (Å²) in [7, 11) is 0. The van der Waals surface area contributed by atoms with Gasteiger partial charge < -0.3 is 9.47 Å². The van der Waals surface area contributed by atoms with Crippen molar-refractivity contribution in [3.63, 3.8) is 0 Å². The molecule has 24 heavy (non-hydrogen) atoms. The van der Waals surface area contributed by atoms with Gasteiger partial charge in [-0.3, -0.25) is 4.79 Å². The van der Waals surface area contributed by atoms with Crippen LogP contribution in [0.3, 0.4) is 0 Å². The fourth-order valence-corrected chi connectivity index (χ4v) is 5.66. The first-order valence-electron chi connectivity index (χ1n) is 9.68. The second-order valence-electron chi connectivity index (χ2n) is 8.97. The summed E-state index contributed by atoms with van der Waals surface area (Å²) < 4.78 is 11.3.